The smallest absolute Gasteiger partial charge is 0.120 e. The van der Waals surface area contributed by atoms with Crippen molar-refractivity contribution in [3.05, 3.63) is 10.2 Å². The fraction of sp³-hybridized carbons (Fsp3) is 0.500. The number of carbonyl (C=O) groups is 1. The van der Waals surface area contributed by atoms with Crippen LogP contribution >= 0.6 is 22.6 Å². The lowest BCUT2D eigenvalue weighted by molar-refractivity contribution is -0.107. The van der Waals surface area contributed by atoms with Gasteiger partial charge in [-0.25, -0.2) is 0 Å². The summed E-state index contributed by atoms with van der Waals surface area (Å²) < 4.78 is 1.97. The van der Waals surface area contributed by atoms with Crippen molar-refractivity contribution in [1.29, 1.82) is 0 Å². The summed E-state index contributed by atoms with van der Waals surface area (Å²) in [5.41, 5.74) is 0. The maximum atomic E-state index is 9.74. The zero-order valence-corrected chi connectivity index (χ0v) is 6.80. The molecule has 0 N–H and O–H groups in total. The SMILES string of the molecule is O=CCCC/C=C\I. The monoisotopic (exact) mass is 224 g/mol. The Morgan fingerprint density at radius 1 is 1.38 bits per heavy atom. The van der Waals surface area contributed by atoms with Crippen LogP contribution in [0.3, 0.4) is 0 Å². The van der Waals surface area contributed by atoms with E-state index in [1.807, 2.05) is 4.08 Å². The fourth-order valence-electron chi connectivity index (χ4n) is 0.382. The van der Waals surface area contributed by atoms with E-state index in [-0.39, 0.29) is 0 Å². The molecule has 2 heteroatoms. The average Bonchev–Trinajstić information content (AvgIpc) is 1.81. The lowest BCUT2D eigenvalue weighted by Crippen LogP contribution is -1.72. The van der Waals surface area contributed by atoms with Crippen LogP contribution in [0.5, 0.6) is 0 Å². The minimum Gasteiger partial charge on any atom is -0.303 e. The second-order valence-corrected chi connectivity index (χ2v) is 2.18. The molecule has 0 unspecified atom stereocenters. The molecule has 0 fully saturated rings. The zero-order valence-electron chi connectivity index (χ0n) is 4.64. The predicted molar refractivity (Wildman–Crippen MR) is 43.1 cm³/mol. The van der Waals surface area contributed by atoms with Gasteiger partial charge in [0.15, 0.2) is 0 Å². The molecule has 0 aliphatic carbocycles. The van der Waals surface area contributed by atoms with Crippen LogP contribution in [0.2, 0.25) is 0 Å². The van der Waals surface area contributed by atoms with E-state index in [0.29, 0.717) is 6.42 Å². The molecule has 8 heavy (non-hydrogen) atoms. The third-order valence-electron chi connectivity index (χ3n) is 0.782. The molecule has 0 heterocycles. The number of unbranched alkanes of at least 4 members (excludes halogenated alkanes) is 2. The third kappa shape index (κ3) is 6.14. The van der Waals surface area contributed by atoms with Crippen LogP contribution in [-0.2, 0) is 4.79 Å². The number of carbonyl (C=O) groups excluding carboxylic acids is 1. The van der Waals surface area contributed by atoms with Gasteiger partial charge in [0.25, 0.3) is 0 Å². The van der Waals surface area contributed by atoms with E-state index in [0.717, 1.165) is 19.1 Å². The summed E-state index contributed by atoms with van der Waals surface area (Å²) >= 11 is 2.17. The van der Waals surface area contributed by atoms with Gasteiger partial charge in [0.1, 0.15) is 6.29 Å². The van der Waals surface area contributed by atoms with Crippen molar-refractivity contribution in [2.75, 3.05) is 0 Å². The quantitative estimate of drug-likeness (QED) is 0.406. The number of rotatable bonds is 4. The Morgan fingerprint density at radius 2 is 2.12 bits per heavy atom. The molecule has 0 atom stereocenters. The molecule has 0 bridgehead atoms. The molecule has 1 nitrogen and oxygen atoms in total. The molecule has 0 aromatic carbocycles. The molecule has 0 aromatic heterocycles. The molecule has 0 aromatic rings. The number of halogens is 1. The molecule has 0 saturated heterocycles. The summed E-state index contributed by atoms with van der Waals surface area (Å²) in [5, 5.41) is 0. The fourth-order valence-corrected chi connectivity index (χ4v) is 0.742. The predicted octanol–water partition coefficient (Wildman–Crippen LogP) is 2.30. The van der Waals surface area contributed by atoms with Crippen molar-refractivity contribution in [2.45, 2.75) is 19.3 Å². The second-order valence-electron chi connectivity index (χ2n) is 1.46. The Morgan fingerprint density at radius 3 is 2.62 bits per heavy atom. The summed E-state index contributed by atoms with van der Waals surface area (Å²) in [6, 6.07) is 0. The van der Waals surface area contributed by atoms with Gasteiger partial charge in [-0.2, -0.15) is 0 Å². The highest BCUT2D eigenvalue weighted by Gasteiger charge is 1.78. The van der Waals surface area contributed by atoms with Gasteiger partial charge in [-0.05, 0) is 16.9 Å². The Labute approximate surface area is 63.3 Å². The molecule has 0 radical (unpaired) electrons. The first-order valence-corrected chi connectivity index (χ1v) is 3.85. The van der Waals surface area contributed by atoms with Crippen LogP contribution in [0.15, 0.2) is 10.2 Å². The van der Waals surface area contributed by atoms with Crippen molar-refractivity contribution in [3.8, 4) is 0 Å². The highest BCUT2D eigenvalue weighted by Crippen LogP contribution is 1.95. The molecule has 0 amide bonds. The number of hydrogen-bond donors (Lipinski definition) is 0. The maximum absolute atomic E-state index is 9.74. The summed E-state index contributed by atoms with van der Waals surface area (Å²) in [7, 11) is 0. The topological polar surface area (TPSA) is 17.1 Å². The van der Waals surface area contributed by atoms with Gasteiger partial charge in [0, 0.05) is 6.42 Å². The molecule has 0 aliphatic heterocycles. The largest absolute Gasteiger partial charge is 0.303 e. The summed E-state index contributed by atoms with van der Waals surface area (Å²) in [6.45, 7) is 0. The van der Waals surface area contributed by atoms with E-state index in [9.17, 15) is 4.79 Å². The third-order valence-corrected chi connectivity index (χ3v) is 1.29. The Bertz CT molecular complexity index is 78.6. The molecule has 0 spiro atoms. The van der Waals surface area contributed by atoms with Crippen molar-refractivity contribution in [1.82, 2.24) is 0 Å². The molecular weight excluding hydrogens is 215 g/mol. The lowest BCUT2D eigenvalue weighted by atomic mass is 10.2. The number of aldehydes is 1. The van der Waals surface area contributed by atoms with E-state index in [1.165, 1.54) is 0 Å². The average molecular weight is 224 g/mol. The van der Waals surface area contributed by atoms with Gasteiger partial charge in [-0.3, -0.25) is 0 Å². The van der Waals surface area contributed by atoms with Crippen LogP contribution in [0.25, 0.3) is 0 Å². The van der Waals surface area contributed by atoms with E-state index in [1.54, 1.807) is 0 Å². The first-order valence-electron chi connectivity index (χ1n) is 2.60. The highest BCUT2D eigenvalue weighted by molar-refractivity contribution is 14.1. The molecule has 46 valence electrons. The Kier molecular flexibility index (Phi) is 7.26. The van der Waals surface area contributed by atoms with Gasteiger partial charge in [0.05, 0.1) is 0 Å². The van der Waals surface area contributed by atoms with Crippen molar-refractivity contribution in [3.63, 3.8) is 0 Å². The highest BCUT2D eigenvalue weighted by atomic mass is 127. The Balaban J connectivity index is 2.82. The first kappa shape index (κ1) is 8.14. The van der Waals surface area contributed by atoms with Crippen LogP contribution in [-0.4, -0.2) is 6.29 Å². The van der Waals surface area contributed by atoms with Gasteiger partial charge >= 0.3 is 0 Å². The van der Waals surface area contributed by atoms with E-state index in [2.05, 4.69) is 28.7 Å². The normalized spacial score (nSPS) is 10.1. The van der Waals surface area contributed by atoms with Crippen LogP contribution in [0.1, 0.15) is 19.3 Å². The van der Waals surface area contributed by atoms with Crippen molar-refractivity contribution < 1.29 is 4.79 Å². The summed E-state index contributed by atoms with van der Waals surface area (Å²) in [5.74, 6) is 0. The second kappa shape index (κ2) is 7.14. The lowest BCUT2D eigenvalue weighted by Gasteiger charge is -1.82. The van der Waals surface area contributed by atoms with Gasteiger partial charge < -0.3 is 4.79 Å². The Hall–Kier alpha value is 0.140. The molecule has 0 rings (SSSR count). The molecule has 0 aliphatic rings. The van der Waals surface area contributed by atoms with E-state index < -0.39 is 0 Å². The van der Waals surface area contributed by atoms with Crippen molar-refractivity contribution >= 4 is 28.9 Å². The maximum Gasteiger partial charge on any atom is 0.120 e. The van der Waals surface area contributed by atoms with Gasteiger partial charge in [0.2, 0.25) is 0 Å². The van der Waals surface area contributed by atoms with E-state index in [4.69, 9.17) is 0 Å². The van der Waals surface area contributed by atoms with Crippen LogP contribution in [0, 0.1) is 0 Å². The minimum atomic E-state index is 0.695. The van der Waals surface area contributed by atoms with Crippen LogP contribution < -0.4 is 0 Å². The summed E-state index contributed by atoms with van der Waals surface area (Å²) in [6.07, 6.45) is 5.73. The standard InChI is InChI=1S/C6H9IO/c7-5-3-1-2-4-6-8/h3,5-6H,1-2,4H2/b5-3-. The molecular formula is C6H9IO. The summed E-state index contributed by atoms with van der Waals surface area (Å²) in [4.78, 5) is 9.74. The first-order chi connectivity index (χ1) is 3.91. The van der Waals surface area contributed by atoms with Crippen LogP contribution in [0.4, 0.5) is 0 Å². The minimum absolute atomic E-state index is 0.695. The van der Waals surface area contributed by atoms with Crippen molar-refractivity contribution in [2.24, 2.45) is 0 Å². The number of allylic oxidation sites excluding steroid dienone is 1. The molecule has 0 saturated carbocycles. The van der Waals surface area contributed by atoms with E-state index >= 15 is 0 Å². The van der Waals surface area contributed by atoms with Gasteiger partial charge in [-0.15, -0.1) is 0 Å². The zero-order chi connectivity index (χ0) is 6.24. The number of hydrogen-bond acceptors (Lipinski definition) is 1. The van der Waals surface area contributed by atoms with Gasteiger partial charge in [-0.1, -0.05) is 28.7 Å².